The van der Waals surface area contributed by atoms with E-state index in [0.29, 0.717) is 0 Å². The third-order valence-electron chi connectivity index (χ3n) is 3.13. The van der Waals surface area contributed by atoms with Gasteiger partial charge in [-0.05, 0) is 0 Å². The normalized spacial score (nSPS) is 23.2. The van der Waals surface area contributed by atoms with Crippen molar-refractivity contribution >= 4 is 57.4 Å². The molecule has 2 aliphatic heterocycles. The second kappa shape index (κ2) is 9.58. The molecule has 0 radical (unpaired) electrons. The summed E-state index contributed by atoms with van der Waals surface area (Å²) in [4.78, 5) is 67.9. The first-order valence-corrected chi connectivity index (χ1v) is 10.1. The maximum Gasteiger partial charge on any atom is 0.326 e. The summed E-state index contributed by atoms with van der Waals surface area (Å²) in [6.45, 7) is 0. The first-order chi connectivity index (χ1) is 13.2. The summed E-state index contributed by atoms with van der Waals surface area (Å²) in [5.41, 5.74) is 11.3. The van der Waals surface area contributed by atoms with Crippen molar-refractivity contribution in [2.24, 2.45) is 11.5 Å². The van der Waals surface area contributed by atoms with Gasteiger partial charge in [-0.3, -0.25) is 40.4 Å². The lowest BCUT2D eigenvalue weighted by Gasteiger charge is -2.15. The quantitative estimate of drug-likeness (QED) is 0.0894. The largest absolute Gasteiger partial charge is 0.431 e. The summed E-state index contributed by atoms with van der Waals surface area (Å²) in [6.07, 6.45) is -2.86. The minimum atomic E-state index is -1.43. The standard InChI is InChI=1S/C12H16N6O8S2/c13-3(9(21)25-7-5(19)15-11(23)17-7)1-27-28-2-4(14)10(22)26-8-6(20)16-12(24)18-8/h3-4,7-8H,1-2,13-14H2,(H2,15,17,19,23)(H2,16,18,20,24)/t3-,4-,7?,8?/m0/s1. The van der Waals surface area contributed by atoms with Crippen LogP contribution in [0.1, 0.15) is 0 Å². The SMILES string of the molecule is N[C@@H](CSSC[C@H](N)C(=O)OC1NC(=O)NC1=O)C(=O)OC1NC(=O)NC1=O. The maximum absolute atomic E-state index is 11.8. The fourth-order valence-electron chi connectivity index (χ4n) is 1.75. The van der Waals surface area contributed by atoms with Crippen LogP contribution in [0.5, 0.6) is 0 Å². The Bertz CT molecular complexity index is 648. The molecule has 0 aromatic carbocycles. The number of rotatable bonds is 9. The molecule has 2 saturated heterocycles. The number of urea groups is 2. The minimum absolute atomic E-state index is 0.0641. The predicted octanol–water partition coefficient (Wildman–Crippen LogP) is -3.56. The average Bonchev–Trinajstić information content (AvgIpc) is 3.10. The molecule has 0 aromatic heterocycles. The second-order valence-electron chi connectivity index (χ2n) is 5.34. The van der Waals surface area contributed by atoms with E-state index in [4.69, 9.17) is 20.9 Å². The Morgan fingerprint density at radius 1 is 0.821 bits per heavy atom. The number of imide groups is 2. The number of ether oxygens (including phenoxy) is 2. The Morgan fingerprint density at radius 2 is 1.18 bits per heavy atom. The number of esters is 2. The summed E-state index contributed by atoms with van der Waals surface area (Å²) >= 11 is 0. The molecule has 6 amide bonds. The molecule has 28 heavy (non-hydrogen) atoms. The van der Waals surface area contributed by atoms with Crippen molar-refractivity contribution in [2.45, 2.75) is 24.5 Å². The summed E-state index contributed by atoms with van der Waals surface area (Å²) in [6, 6.07) is -3.75. The topological polar surface area (TPSA) is 221 Å². The highest BCUT2D eigenvalue weighted by molar-refractivity contribution is 8.76. The Morgan fingerprint density at radius 3 is 1.46 bits per heavy atom. The van der Waals surface area contributed by atoms with Gasteiger partial charge in [0.05, 0.1) is 0 Å². The fraction of sp³-hybridized carbons (Fsp3) is 0.500. The minimum Gasteiger partial charge on any atom is -0.431 e. The van der Waals surface area contributed by atoms with Gasteiger partial charge in [0.2, 0.25) is 0 Å². The number of hydrogen-bond donors (Lipinski definition) is 6. The third kappa shape index (κ3) is 5.98. The number of carbonyl (C=O) groups is 6. The van der Waals surface area contributed by atoms with Crippen LogP contribution >= 0.6 is 21.6 Å². The monoisotopic (exact) mass is 436 g/mol. The molecule has 2 rings (SSSR count). The Labute approximate surface area is 164 Å². The van der Waals surface area contributed by atoms with E-state index in [2.05, 4.69) is 10.6 Å². The molecule has 4 atom stereocenters. The molecule has 2 fully saturated rings. The highest BCUT2D eigenvalue weighted by Crippen LogP contribution is 2.23. The van der Waals surface area contributed by atoms with Crippen LogP contribution in [0.15, 0.2) is 0 Å². The second-order valence-corrected chi connectivity index (χ2v) is 7.89. The van der Waals surface area contributed by atoms with Gasteiger partial charge in [0.25, 0.3) is 24.3 Å². The van der Waals surface area contributed by atoms with Crippen molar-refractivity contribution in [1.82, 2.24) is 21.3 Å². The molecule has 8 N–H and O–H groups in total. The van der Waals surface area contributed by atoms with E-state index >= 15 is 0 Å². The smallest absolute Gasteiger partial charge is 0.326 e. The number of nitrogens with one attached hydrogen (secondary N) is 4. The molecular formula is C12H16N6O8S2. The Balaban J connectivity index is 1.63. The zero-order valence-corrected chi connectivity index (χ0v) is 15.6. The number of amides is 6. The van der Waals surface area contributed by atoms with Gasteiger partial charge in [0, 0.05) is 11.5 Å². The molecular weight excluding hydrogens is 420 g/mol. The van der Waals surface area contributed by atoms with E-state index in [1.807, 2.05) is 10.6 Å². The Kier molecular flexibility index (Phi) is 7.44. The van der Waals surface area contributed by atoms with Gasteiger partial charge >= 0.3 is 24.0 Å². The van der Waals surface area contributed by atoms with Crippen LogP contribution in [0.2, 0.25) is 0 Å². The van der Waals surface area contributed by atoms with Crippen LogP contribution in [-0.4, -0.2) is 71.9 Å². The lowest BCUT2D eigenvalue weighted by Crippen LogP contribution is -2.42. The highest BCUT2D eigenvalue weighted by atomic mass is 33.1. The van der Waals surface area contributed by atoms with E-state index in [-0.39, 0.29) is 11.5 Å². The van der Waals surface area contributed by atoms with Crippen molar-refractivity contribution in [3.05, 3.63) is 0 Å². The van der Waals surface area contributed by atoms with Crippen LogP contribution in [-0.2, 0) is 28.7 Å². The molecule has 0 bridgehead atoms. The molecule has 0 spiro atoms. The summed E-state index contributed by atoms with van der Waals surface area (Å²) in [7, 11) is 2.21. The van der Waals surface area contributed by atoms with Crippen molar-refractivity contribution in [1.29, 1.82) is 0 Å². The molecule has 2 heterocycles. The van der Waals surface area contributed by atoms with Gasteiger partial charge in [-0.2, -0.15) is 0 Å². The zero-order valence-electron chi connectivity index (χ0n) is 14.0. The average molecular weight is 436 g/mol. The summed E-state index contributed by atoms with van der Waals surface area (Å²) < 4.78 is 9.53. The van der Waals surface area contributed by atoms with Crippen molar-refractivity contribution in [2.75, 3.05) is 11.5 Å². The predicted molar refractivity (Wildman–Crippen MR) is 94.0 cm³/mol. The van der Waals surface area contributed by atoms with Crippen molar-refractivity contribution in [3.8, 4) is 0 Å². The maximum atomic E-state index is 11.8. The van der Waals surface area contributed by atoms with Gasteiger partial charge < -0.3 is 20.9 Å². The third-order valence-corrected chi connectivity index (χ3v) is 5.60. The van der Waals surface area contributed by atoms with E-state index < -0.39 is 60.4 Å². The molecule has 0 saturated carbocycles. The van der Waals surface area contributed by atoms with Crippen LogP contribution in [0.3, 0.4) is 0 Å². The van der Waals surface area contributed by atoms with E-state index in [9.17, 15) is 28.8 Å². The summed E-state index contributed by atoms with van der Waals surface area (Å²) in [5, 5.41) is 7.96. The van der Waals surface area contributed by atoms with Crippen LogP contribution in [0.25, 0.3) is 0 Å². The first-order valence-electron chi connectivity index (χ1n) is 7.56. The van der Waals surface area contributed by atoms with Crippen molar-refractivity contribution in [3.63, 3.8) is 0 Å². The van der Waals surface area contributed by atoms with Gasteiger partial charge in [-0.15, -0.1) is 0 Å². The van der Waals surface area contributed by atoms with E-state index in [1.54, 1.807) is 0 Å². The van der Waals surface area contributed by atoms with E-state index in [0.717, 1.165) is 21.6 Å². The summed E-state index contributed by atoms with van der Waals surface area (Å²) in [5.74, 6) is -3.28. The van der Waals surface area contributed by atoms with Gasteiger partial charge in [-0.1, -0.05) is 21.6 Å². The van der Waals surface area contributed by atoms with Crippen LogP contribution < -0.4 is 32.7 Å². The van der Waals surface area contributed by atoms with Crippen LogP contribution in [0, 0.1) is 0 Å². The molecule has 0 aromatic rings. The molecule has 154 valence electrons. The van der Waals surface area contributed by atoms with Gasteiger partial charge in [0.1, 0.15) is 12.1 Å². The molecule has 16 heteroatoms. The Hall–Kier alpha value is -2.56. The lowest BCUT2D eigenvalue weighted by molar-refractivity contribution is -0.156. The zero-order chi connectivity index (χ0) is 20.8. The fourth-order valence-corrected chi connectivity index (χ4v) is 3.96. The number of carbonyl (C=O) groups excluding carboxylic acids is 6. The van der Waals surface area contributed by atoms with Crippen LogP contribution in [0.4, 0.5) is 9.59 Å². The van der Waals surface area contributed by atoms with E-state index in [1.165, 1.54) is 0 Å². The highest BCUT2D eigenvalue weighted by Gasteiger charge is 2.35. The van der Waals surface area contributed by atoms with Gasteiger partial charge in [0.15, 0.2) is 0 Å². The first kappa shape index (κ1) is 21.7. The van der Waals surface area contributed by atoms with Gasteiger partial charge in [-0.25, -0.2) is 9.59 Å². The molecule has 2 unspecified atom stereocenters. The molecule has 2 aliphatic rings. The molecule has 0 aliphatic carbocycles. The van der Waals surface area contributed by atoms with Crippen molar-refractivity contribution < 1.29 is 38.2 Å². The number of nitrogens with two attached hydrogens (primary N) is 2. The molecule has 14 nitrogen and oxygen atoms in total. The lowest BCUT2D eigenvalue weighted by atomic mass is 10.4. The number of hydrogen-bond acceptors (Lipinski definition) is 12.